The van der Waals surface area contributed by atoms with E-state index in [0.717, 1.165) is 0 Å². The first kappa shape index (κ1) is 10.9. The van der Waals surface area contributed by atoms with Gasteiger partial charge >= 0.3 is 0 Å². The number of hydrogen-bond donors (Lipinski definition) is 3. The summed E-state index contributed by atoms with van der Waals surface area (Å²) in [5, 5.41) is 8.10. The predicted octanol–water partition coefficient (Wildman–Crippen LogP) is -0.402. The van der Waals surface area contributed by atoms with E-state index in [-0.39, 0.29) is 12.3 Å². The van der Waals surface area contributed by atoms with Crippen LogP contribution in [0.3, 0.4) is 0 Å². The van der Waals surface area contributed by atoms with Crippen LogP contribution in [0.15, 0.2) is 0 Å². The van der Waals surface area contributed by atoms with Gasteiger partial charge in [0.05, 0.1) is 0 Å². The molecular formula is C7H13N2O3. The second kappa shape index (κ2) is 5.54. The first-order valence-electron chi connectivity index (χ1n) is 3.61. The molecule has 0 aliphatic rings. The van der Waals surface area contributed by atoms with Gasteiger partial charge in [-0.1, -0.05) is 6.92 Å². The largest absolute Gasteiger partial charge is 0.369 e. The summed E-state index contributed by atoms with van der Waals surface area (Å²) in [5.41, 5.74) is 6.46. The second-order valence-corrected chi connectivity index (χ2v) is 2.57. The van der Waals surface area contributed by atoms with Crippen LogP contribution in [0.4, 0.5) is 0 Å². The van der Waals surface area contributed by atoms with Crippen molar-refractivity contribution in [2.75, 3.05) is 0 Å². The van der Waals surface area contributed by atoms with Crippen molar-refractivity contribution in [2.45, 2.75) is 19.8 Å². The lowest BCUT2D eigenvalue weighted by Gasteiger charge is -2.04. The molecule has 2 amide bonds. The van der Waals surface area contributed by atoms with Gasteiger partial charge in [-0.05, 0) is 12.8 Å². The zero-order valence-electron chi connectivity index (χ0n) is 6.91. The minimum atomic E-state index is -0.494. The van der Waals surface area contributed by atoms with Gasteiger partial charge in [0.1, 0.15) is 0 Å². The summed E-state index contributed by atoms with van der Waals surface area (Å²) in [6.45, 7) is 1.68. The second-order valence-electron chi connectivity index (χ2n) is 2.57. The summed E-state index contributed by atoms with van der Waals surface area (Å²) in [6.07, 6.45) is 2.14. The quantitative estimate of drug-likeness (QED) is 0.390. The molecule has 0 aromatic rings. The summed E-state index contributed by atoms with van der Waals surface area (Å²) < 4.78 is 0. The van der Waals surface area contributed by atoms with Crippen molar-refractivity contribution < 1.29 is 14.8 Å². The van der Waals surface area contributed by atoms with E-state index in [1.165, 1.54) is 5.48 Å². The van der Waals surface area contributed by atoms with Gasteiger partial charge in [0, 0.05) is 12.3 Å². The maximum absolute atomic E-state index is 10.5. The molecular weight excluding hydrogens is 160 g/mol. The van der Waals surface area contributed by atoms with Crippen molar-refractivity contribution in [2.24, 2.45) is 11.7 Å². The Morgan fingerprint density at radius 3 is 2.67 bits per heavy atom. The third-order valence-corrected chi connectivity index (χ3v) is 1.46. The Bertz CT molecular complexity index is 170. The molecule has 0 aliphatic carbocycles. The van der Waals surface area contributed by atoms with Crippen LogP contribution in [0.5, 0.6) is 0 Å². The number of carbonyl (C=O) groups is 2. The van der Waals surface area contributed by atoms with E-state index in [1.807, 2.05) is 0 Å². The van der Waals surface area contributed by atoms with Crippen molar-refractivity contribution in [1.29, 1.82) is 0 Å². The molecule has 0 bridgehead atoms. The fourth-order valence-corrected chi connectivity index (χ4v) is 0.626. The fraction of sp³-hybridized carbons (Fsp3) is 0.571. The normalized spacial score (nSPS) is 12.2. The van der Waals surface area contributed by atoms with Crippen molar-refractivity contribution in [1.82, 2.24) is 5.48 Å². The minimum Gasteiger partial charge on any atom is -0.369 e. The van der Waals surface area contributed by atoms with Crippen LogP contribution in [-0.4, -0.2) is 17.0 Å². The monoisotopic (exact) mass is 173 g/mol. The first-order chi connectivity index (χ1) is 5.57. The molecule has 0 rings (SSSR count). The minimum absolute atomic E-state index is 0.0914. The maximum atomic E-state index is 10.5. The number of rotatable bonds is 5. The smallest absolute Gasteiger partial charge is 0.243 e. The highest BCUT2D eigenvalue weighted by Crippen LogP contribution is 2.05. The molecule has 5 nitrogen and oxygen atoms in total. The van der Waals surface area contributed by atoms with E-state index >= 15 is 0 Å². The molecule has 0 aliphatic heterocycles. The zero-order valence-corrected chi connectivity index (χ0v) is 6.91. The summed E-state index contributed by atoms with van der Waals surface area (Å²) in [7, 11) is 0. The molecule has 5 heteroatoms. The number of hydrogen-bond acceptors (Lipinski definition) is 3. The van der Waals surface area contributed by atoms with Gasteiger partial charge in [-0.2, -0.15) is 0 Å². The van der Waals surface area contributed by atoms with Crippen LogP contribution < -0.4 is 11.2 Å². The number of carbonyl (C=O) groups excluding carboxylic acids is 2. The summed E-state index contributed by atoms with van der Waals surface area (Å²) in [4.78, 5) is 21.0. The molecule has 0 aromatic carbocycles. The van der Waals surface area contributed by atoms with Crippen LogP contribution in [-0.2, 0) is 9.59 Å². The first-order valence-corrected chi connectivity index (χ1v) is 3.61. The van der Waals surface area contributed by atoms with E-state index in [9.17, 15) is 9.59 Å². The van der Waals surface area contributed by atoms with E-state index in [1.54, 1.807) is 13.3 Å². The van der Waals surface area contributed by atoms with Crippen LogP contribution in [0.25, 0.3) is 0 Å². The van der Waals surface area contributed by atoms with Crippen molar-refractivity contribution in [3.8, 4) is 0 Å². The molecule has 1 unspecified atom stereocenters. The Balaban J connectivity index is 3.43. The lowest BCUT2D eigenvalue weighted by atomic mass is 10.0. The third-order valence-electron chi connectivity index (χ3n) is 1.46. The van der Waals surface area contributed by atoms with Crippen LogP contribution in [0, 0.1) is 12.3 Å². The number of primary amides is 1. The van der Waals surface area contributed by atoms with Crippen LogP contribution in [0.2, 0.25) is 0 Å². The molecule has 0 aromatic heterocycles. The lowest BCUT2D eigenvalue weighted by molar-refractivity contribution is -0.128. The van der Waals surface area contributed by atoms with Gasteiger partial charge in [0.15, 0.2) is 0 Å². The van der Waals surface area contributed by atoms with Gasteiger partial charge in [-0.3, -0.25) is 14.8 Å². The van der Waals surface area contributed by atoms with Crippen LogP contribution >= 0.6 is 0 Å². The Morgan fingerprint density at radius 1 is 1.67 bits per heavy atom. The highest BCUT2D eigenvalue weighted by molar-refractivity contribution is 5.77. The SMILES string of the molecule is CC(C[CH]CC(=O)NO)C(N)=O. The summed E-state index contributed by atoms with van der Waals surface area (Å²) in [5.74, 6) is -1.15. The maximum Gasteiger partial charge on any atom is 0.243 e. The highest BCUT2D eigenvalue weighted by atomic mass is 16.5. The van der Waals surface area contributed by atoms with Gasteiger partial charge in [-0.25, -0.2) is 5.48 Å². The van der Waals surface area contributed by atoms with E-state index in [2.05, 4.69) is 0 Å². The van der Waals surface area contributed by atoms with Crippen molar-refractivity contribution in [3.05, 3.63) is 6.42 Å². The van der Waals surface area contributed by atoms with E-state index in [0.29, 0.717) is 6.42 Å². The highest BCUT2D eigenvalue weighted by Gasteiger charge is 2.09. The fourth-order valence-electron chi connectivity index (χ4n) is 0.626. The molecule has 0 spiro atoms. The average molecular weight is 173 g/mol. The standard InChI is InChI=1S/C7H13N2O3/c1-5(7(8)11)3-2-4-6(10)9-12/h2,5,12H,3-4H2,1H3,(H2,8,11)(H,9,10). The molecule has 1 radical (unpaired) electrons. The Labute approximate surface area is 70.9 Å². The van der Waals surface area contributed by atoms with E-state index < -0.39 is 11.8 Å². The summed E-state index contributed by atoms with van der Waals surface area (Å²) >= 11 is 0. The predicted molar refractivity (Wildman–Crippen MR) is 41.8 cm³/mol. The van der Waals surface area contributed by atoms with Crippen molar-refractivity contribution in [3.63, 3.8) is 0 Å². The van der Waals surface area contributed by atoms with E-state index in [4.69, 9.17) is 10.9 Å². The van der Waals surface area contributed by atoms with Gasteiger partial charge in [0.2, 0.25) is 11.8 Å². The molecule has 0 saturated heterocycles. The van der Waals surface area contributed by atoms with Gasteiger partial charge in [0.25, 0.3) is 0 Å². The van der Waals surface area contributed by atoms with Crippen LogP contribution in [0.1, 0.15) is 19.8 Å². The van der Waals surface area contributed by atoms with Gasteiger partial charge in [-0.15, -0.1) is 0 Å². The Hall–Kier alpha value is -1.10. The number of nitrogens with two attached hydrogens (primary N) is 1. The Morgan fingerprint density at radius 2 is 2.25 bits per heavy atom. The van der Waals surface area contributed by atoms with Crippen molar-refractivity contribution >= 4 is 11.8 Å². The molecule has 69 valence electrons. The zero-order chi connectivity index (χ0) is 9.56. The topological polar surface area (TPSA) is 92.4 Å². The summed E-state index contributed by atoms with van der Waals surface area (Å²) in [6, 6.07) is 0. The lowest BCUT2D eigenvalue weighted by Crippen LogP contribution is -2.22. The Kier molecular flexibility index (Phi) is 5.03. The molecule has 0 fully saturated rings. The third kappa shape index (κ3) is 4.68. The van der Waals surface area contributed by atoms with Gasteiger partial charge < -0.3 is 5.73 Å². The number of amides is 2. The molecule has 0 saturated carbocycles. The molecule has 4 N–H and O–H groups in total. The molecule has 0 heterocycles. The number of hydroxylamine groups is 1. The molecule has 1 atom stereocenters. The molecule has 12 heavy (non-hydrogen) atoms. The average Bonchev–Trinajstić information content (AvgIpc) is 2.03. The number of nitrogens with one attached hydrogen (secondary N) is 1.